The number of H-pyrrole nitrogens is 1. The van der Waals surface area contributed by atoms with Crippen LogP contribution in [0.5, 0.6) is 0 Å². The summed E-state index contributed by atoms with van der Waals surface area (Å²) in [6.07, 6.45) is 2.97. The van der Waals surface area contributed by atoms with Crippen molar-refractivity contribution in [3.05, 3.63) is 65.9 Å². The fourth-order valence-corrected chi connectivity index (χ4v) is 3.49. The van der Waals surface area contributed by atoms with Crippen LogP contribution < -0.4 is 15.8 Å². The zero-order chi connectivity index (χ0) is 20.9. The van der Waals surface area contributed by atoms with Crippen LogP contribution >= 0.6 is 0 Å². The number of fused-ring (bicyclic) bond motifs is 1. The van der Waals surface area contributed by atoms with Gasteiger partial charge in [0.2, 0.25) is 10.0 Å². The second-order valence-corrected chi connectivity index (χ2v) is 8.12. The van der Waals surface area contributed by atoms with Crippen molar-refractivity contribution in [2.75, 3.05) is 13.1 Å². The first-order valence-electron chi connectivity index (χ1n) is 9.07. The Kier molecular flexibility index (Phi) is 6.30. The molecule has 0 saturated heterocycles. The highest BCUT2D eigenvalue weighted by atomic mass is 32.2. The molecule has 0 bridgehead atoms. The Morgan fingerprint density at radius 2 is 1.52 bits per heavy atom. The molecule has 0 aliphatic carbocycles. The number of aromatic nitrogens is 1. The monoisotopic (exact) mass is 414 g/mol. The fraction of sp³-hybridized carbons (Fsp3) is 0.200. The van der Waals surface area contributed by atoms with E-state index in [4.69, 9.17) is 5.14 Å². The number of nitrogens with one attached hydrogen (secondary N) is 3. The van der Waals surface area contributed by atoms with Crippen LogP contribution in [0.2, 0.25) is 0 Å². The largest absolute Gasteiger partial charge is 0.361 e. The Hall–Kier alpha value is -3.17. The Labute approximate surface area is 168 Å². The van der Waals surface area contributed by atoms with Gasteiger partial charge in [-0.3, -0.25) is 9.59 Å². The average molecular weight is 414 g/mol. The number of nitrogens with two attached hydrogens (primary N) is 1. The van der Waals surface area contributed by atoms with Crippen molar-refractivity contribution in [3.8, 4) is 0 Å². The van der Waals surface area contributed by atoms with E-state index in [1.807, 2.05) is 30.5 Å². The summed E-state index contributed by atoms with van der Waals surface area (Å²) in [6.45, 7) is 0.604. The van der Waals surface area contributed by atoms with E-state index in [-0.39, 0.29) is 11.4 Å². The number of sulfonamides is 1. The predicted molar refractivity (Wildman–Crippen MR) is 110 cm³/mol. The van der Waals surface area contributed by atoms with Crippen molar-refractivity contribution in [1.82, 2.24) is 15.6 Å². The molecule has 3 aromatic rings. The van der Waals surface area contributed by atoms with Crippen LogP contribution in [0.1, 0.15) is 11.1 Å². The van der Waals surface area contributed by atoms with E-state index >= 15 is 0 Å². The number of rotatable bonds is 7. The molecule has 5 N–H and O–H groups in total. The topological polar surface area (TPSA) is 134 Å². The normalized spacial score (nSPS) is 11.3. The van der Waals surface area contributed by atoms with E-state index in [1.54, 1.807) is 12.1 Å². The summed E-state index contributed by atoms with van der Waals surface area (Å²) in [5.74, 6) is -1.39. The lowest BCUT2D eigenvalue weighted by atomic mass is 10.1. The lowest BCUT2D eigenvalue weighted by molar-refractivity contribution is -0.139. The Balaban J connectivity index is 1.41. The molecule has 0 saturated carbocycles. The van der Waals surface area contributed by atoms with Gasteiger partial charge in [0.15, 0.2) is 0 Å². The van der Waals surface area contributed by atoms with Crippen molar-refractivity contribution < 1.29 is 18.0 Å². The quantitative estimate of drug-likeness (QED) is 0.426. The third kappa shape index (κ3) is 5.43. The number of para-hydroxylation sites is 1. The molecule has 2 amide bonds. The van der Waals surface area contributed by atoms with E-state index in [9.17, 15) is 18.0 Å². The van der Waals surface area contributed by atoms with E-state index in [0.29, 0.717) is 19.4 Å². The van der Waals surface area contributed by atoms with Crippen molar-refractivity contribution in [2.45, 2.75) is 17.7 Å². The first-order valence-corrected chi connectivity index (χ1v) is 10.6. The van der Waals surface area contributed by atoms with Gasteiger partial charge in [-0.05, 0) is 42.2 Å². The molecule has 0 aliphatic rings. The van der Waals surface area contributed by atoms with Gasteiger partial charge in [-0.1, -0.05) is 30.3 Å². The Morgan fingerprint density at radius 1 is 0.897 bits per heavy atom. The molecule has 0 unspecified atom stereocenters. The molecule has 0 aliphatic heterocycles. The third-order valence-electron chi connectivity index (χ3n) is 4.51. The molecule has 29 heavy (non-hydrogen) atoms. The number of primary sulfonamides is 1. The molecule has 9 heteroatoms. The Bertz CT molecular complexity index is 1120. The van der Waals surface area contributed by atoms with Crippen molar-refractivity contribution >= 4 is 32.7 Å². The van der Waals surface area contributed by atoms with Gasteiger partial charge in [0.1, 0.15) is 0 Å². The molecule has 0 atom stereocenters. The maximum atomic E-state index is 11.9. The smallest absolute Gasteiger partial charge is 0.309 e. The van der Waals surface area contributed by atoms with Crippen LogP contribution in [0.3, 0.4) is 0 Å². The summed E-state index contributed by atoms with van der Waals surface area (Å²) in [5.41, 5.74) is 2.92. The number of hydrogen-bond donors (Lipinski definition) is 4. The number of hydrogen-bond acceptors (Lipinski definition) is 4. The summed E-state index contributed by atoms with van der Waals surface area (Å²) in [5, 5.41) is 11.3. The first-order chi connectivity index (χ1) is 13.8. The molecule has 1 aromatic heterocycles. The van der Waals surface area contributed by atoms with Gasteiger partial charge in [-0.2, -0.15) is 0 Å². The SMILES string of the molecule is NS(=O)(=O)c1ccc(CCNC(=O)C(=O)NCCc2c[nH]c3ccccc23)cc1. The molecule has 0 radical (unpaired) electrons. The van der Waals surface area contributed by atoms with Gasteiger partial charge in [0.25, 0.3) is 0 Å². The minimum absolute atomic E-state index is 0.0277. The highest BCUT2D eigenvalue weighted by Crippen LogP contribution is 2.17. The van der Waals surface area contributed by atoms with E-state index in [1.165, 1.54) is 12.1 Å². The second-order valence-electron chi connectivity index (χ2n) is 6.56. The zero-order valence-corrected chi connectivity index (χ0v) is 16.5. The van der Waals surface area contributed by atoms with Crippen LogP contribution in [0.25, 0.3) is 10.9 Å². The maximum Gasteiger partial charge on any atom is 0.309 e. The number of benzene rings is 2. The molecule has 2 aromatic carbocycles. The fourth-order valence-electron chi connectivity index (χ4n) is 2.98. The summed E-state index contributed by atoms with van der Waals surface area (Å²) in [7, 11) is -3.73. The highest BCUT2D eigenvalue weighted by molar-refractivity contribution is 7.89. The first kappa shape index (κ1) is 20.6. The average Bonchev–Trinajstić information content (AvgIpc) is 3.11. The van der Waals surface area contributed by atoms with Crippen molar-refractivity contribution in [2.24, 2.45) is 5.14 Å². The van der Waals surface area contributed by atoms with Gasteiger partial charge in [0, 0.05) is 30.2 Å². The van der Waals surface area contributed by atoms with Crippen molar-refractivity contribution in [1.29, 1.82) is 0 Å². The molecular formula is C20H22N4O4S. The molecule has 152 valence electrons. The van der Waals surface area contributed by atoms with Crippen LogP contribution in [-0.2, 0) is 32.5 Å². The summed E-state index contributed by atoms with van der Waals surface area (Å²) >= 11 is 0. The van der Waals surface area contributed by atoms with Crippen LogP contribution in [-0.4, -0.2) is 38.3 Å². The molecule has 8 nitrogen and oxygen atoms in total. The summed E-state index contributed by atoms with van der Waals surface area (Å²) in [4.78, 5) is 27.0. The van der Waals surface area contributed by atoms with Crippen LogP contribution in [0.15, 0.2) is 59.6 Å². The van der Waals surface area contributed by atoms with Crippen LogP contribution in [0, 0.1) is 0 Å². The second kappa shape index (κ2) is 8.89. The summed E-state index contributed by atoms with van der Waals surface area (Å²) in [6, 6.07) is 13.9. The number of carbonyl (C=O) groups is 2. The van der Waals surface area contributed by atoms with Crippen molar-refractivity contribution in [3.63, 3.8) is 0 Å². The van der Waals surface area contributed by atoms with Gasteiger partial charge in [0.05, 0.1) is 4.90 Å². The summed E-state index contributed by atoms with van der Waals surface area (Å²) < 4.78 is 22.4. The van der Waals surface area contributed by atoms with Gasteiger partial charge in [-0.25, -0.2) is 13.6 Å². The third-order valence-corrected chi connectivity index (χ3v) is 5.44. The maximum absolute atomic E-state index is 11.9. The number of carbonyl (C=O) groups excluding carboxylic acids is 2. The zero-order valence-electron chi connectivity index (χ0n) is 15.6. The minimum atomic E-state index is -3.73. The standard InChI is InChI=1S/C20H22N4O4S/c21-29(27,28)16-7-5-14(6-8-16)9-11-22-19(25)20(26)23-12-10-15-13-24-18-4-2-1-3-17(15)18/h1-8,13,24H,9-12H2,(H,22,25)(H,23,26)(H2,21,27,28). The molecular weight excluding hydrogens is 392 g/mol. The van der Waals surface area contributed by atoms with Gasteiger partial charge >= 0.3 is 11.8 Å². The highest BCUT2D eigenvalue weighted by Gasteiger charge is 2.13. The van der Waals surface area contributed by atoms with Gasteiger partial charge in [-0.15, -0.1) is 0 Å². The van der Waals surface area contributed by atoms with Gasteiger partial charge < -0.3 is 15.6 Å². The molecule has 0 fully saturated rings. The van der Waals surface area contributed by atoms with Crippen LogP contribution in [0.4, 0.5) is 0 Å². The molecule has 1 heterocycles. The lowest BCUT2D eigenvalue weighted by Gasteiger charge is -2.07. The molecule has 3 rings (SSSR count). The Morgan fingerprint density at radius 3 is 2.17 bits per heavy atom. The molecule has 0 spiro atoms. The lowest BCUT2D eigenvalue weighted by Crippen LogP contribution is -2.41. The van der Waals surface area contributed by atoms with E-state index in [0.717, 1.165) is 22.0 Å². The number of aromatic amines is 1. The predicted octanol–water partition coefficient (Wildman–Crippen LogP) is 0.833. The minimum Gasteiger partial charge on any atom is -0.361 e. The number of amides is 2. The van der Waals surface area contributed by atoms with E-state index in [2.05, 4.69) is 15.6 Å². The van der Waals surface area contributed by atoms with E-state index < -0.39 is 21.8 Å².